The Morgan fingerprint density at radius 2 is 2.13 bits per heavy atom. The van der Waals surface area contributed by atoms with Gasteiger partial charge >= 0.3 is 0 Å². The van der Waals surface area contributed by atoms with Crippen LogP contribution in [0.3, 0.4) is 0 Å². The second-order valence-electron chi connectivity index (χ2n) is 4.48. The van der Waals surface area contributed by atoms with Gasteiger partial charge in [0.15, 0.2) is 0 Å². The zero-order chi connectivity index (χ0) is 10.9. The Hall–Kier alpha value is -0.380. The molecule has 1 aliphatic rings. The molecule has 0 unspecified atom stereocenters. The average molecular weight is 225 g/mol. The summed E-state index contributed by atoms with van der Waals surface area (Å²) in [6.45, 7) is 2.10. The molecule has 0 amide bonds. The molecule has 0 atom stereocenters. The van der Waals surface area contributed by atoms with E-state index < -0.39 is 5.60 Å². The van der Waals surface area contributed by atoms with Crippen molar-refractivity contribution >= 4 is 11.3 Å². The first kappa shape index (κ1) is 11.1. The first-order chi connectivity index (χ1) is 7.15. The van der Waals surface area contributed by atoms with Gasteiger partial charge in [0.2, 0.25) is 0 Å². The molecule has 0 radical (unpaired) electrons. The Morgan fingerprint density at radius 1 is 1.47 bits per heavy atom. The third kappa shape index (κ3) is 2.10. The molecular formula is C12H19NOS. The van der Waals surface area contributed by atoms with Gasteiger partial charge in [0.05, 0.1) is 5.60 Å². The van der Waals surface area contributed by atoms with Gasteiger partial charge in [0.25, 0.3) is 0 Å². The van der Waals surface area contributed by atoms with Crippen LogP contribution in [0.5, 0.6) is 0 Å². The quantitative estimate of drug-likeness (QED) is 0.810. The van der Waals surface area contributed by atoms with Gasteiger partial charge in [-0.3, -0.25) is 0 Å². The molecule has 0 spiro atoms. The molecule has 1 aromatic heterocycles. The highest BCUT2D eigenvalue weighted by atomic mass is 32.1. The molecule has 0 saturated heterocycles. The van der Waals surface area contributed by atoms with Crippen molar-refractivity contribution in [3.05, 3.63) is 21.9 Å². The molecule has 84 valence electrons. The summed E-state index contributed by atoms with van der Waals surface area (Å²) in [4.78, 5) is 1.26. The SMILES string of the molecule is CNC1CCC(O)(c2ccsc2C)CC1. The standard InChI is InChI=1S/C12H19NOS/c1-9-11(5-8-15-9)12(14)6-3-10(13-2)4-7-12/h5,8,10,13-14H,3-4,6-7H2,1-2H3. The largest absolute Gasteiger partial charge is 0.385 e. The molecule has 1 fully saturated rings. The van der Waals surface area contributed by atoms with Gasteiger partial charge < -0.3 is 10.4 Å². The fourth-order valence-electron chi connectivity index (χ4n) is 2.52. The number of thiophene rings is 1. The number of rotatable bonds is 2. The van der Waals surface area contributed by atoms with E-state index in [-0.39, 0.29) is 0 Å². The van der Waals surface area contributed by atoms with Crippen molar-refractivity contribution in [2.75, 3.05) is 7.05 Å². The highest BCUT2D eigenvalue weighted by Crippen LogP contribution is 2.39. The van der Waals surface area contributed by atoms with E-state index in [0.717, 1.165) is 31.2 Å². The first-order valence-corrected chi connectivity index (χ1v) is 6.48. The lowest BCUT2D eigenvalue weighted by Crippen LogP contribution is -2.38. The number of hydrogen-bond acceptors (Lipinski definition) is 3. The molecule has 2 rings (SSSR count). The van der Waals surface area contributed by atoms with E-state index in [1.165, 1.54) is 4.88 Å². The van der Waals surface area contributed by atoms with Gasteiger partial charge in [-0.15, -0.1) is 11.3 Å². The number of aliphatic hydroxyl groups is 1. The highest BCUT2D eigenvalue weighted by molar-refractivity contribution is 7.10. The summed E-state index contributed by atoms with van der Waals surface area (Å²) in [5.74, 6) is 0. The van der Waals surface area contributed by atoms with Crippen LogP contribution >= 0.6 is 11.3 Å². The molecule has 1 aromatic rings. The lowest BCUT2D eigenvalue weighted by Gasteiger charge is -2.36. The van der Waals surface area contributed by atoms with E-state index in [2.05, 4.69) is 23.7 Å². The third-order valence-corrected chi connectivity index (χ3v) is 4.43. The topological polar surface area (TPSA) is 32.3 Å². The Bertz CT molecular complexity index is 326. The maximum Gasteiger partial charge on any atom is 0.0908 e. The molecule has 0 bridgehead atoms. The minimum Gasteiger partial charge on any atom is -0.385 e. The molecule has 15 heavy (non-hydrogen) atoms. The predicted octanol–water partition coefficient (Wildman–Crippen LogP) is 2.41. The molecular weight excluding hydrogens is 206 g/mol. The minimum absolute atomic E-state index is 0.558. The molecule has 1 aliphatic carbocycles. The second-order valence-corrected chi connectivity index (χ2v) is 5.61. The van der Waals surface area contributed by atoms with Gasteiger partial charge in [-0.05, 0) is 56.7 Å². The molecule has 2 N–H and O–H groups in total. The normalized spacial score (nSPS) is 31.8. The van der Waals surface area contributed by atoms with Gasteiger partial charge in [0, 0.05) is 10.9 Å². The summed E-state index contributed by atoms with van der Waals surface area (Å²) < 4.78 is 0. The highest BCUT2D eigenvalue weighted by Gasteiger charge is 2.35. The van der Waals surface area contributed by atoms with Crippen molar-refractivity contribution in [2.24, 2.45) is 0 Å². The van der Waals surface area contributed by atoms with Crippen molar-refractivity contribution in [3.8, 4) is 0 Å². The summed E-state index contributed by atoms with van der Waals surface area (Å²) >= 11 is 1.73. The molecule has 1 saturated carbocycles. The van der Waals surface area contributed by atoms with Crippen LogP contribution in [0.1, 0.15) is 36.1 Å². The van der Waals surface area contributed by atoms with E-state index in [0.29, 0.717) is 6.04 Å². The lowest BCUT2D eigenvalue weighted by molar-refractivity contribution is -0.00772. The van der Waals surface area contributed by atoms with Crippen molar-refractivity contribution in [3.63, 3.8) is 0 Å². The molecule has 0 aliphatic heterocycles. The molecule has 0 aromatic carbocycles. The van der Waals surface area contributed by atoms with Crippen molar-refractivity contribution in [1.29, 1.82) is 0 Å². The summed E-state index contributed by atoms with van der Waals surface area (Å²) in [6.07, 6.45) is 3.91. The lowest BCUT2D eigenvalue weighted by atomic mass is 9.78. The van der Waals surface area contributed by atoms with Gasteiger partial charge in [-0.2, -0.15) is 0 Å². The number of nitrogens with one attached hydrogen (secondary N) is 1. The fourth-order valence-corrected chi connectivity index (χ4v) is 3.31. The Balaban J connectivity index is 2.13. The van der Waals surface area contributed by atoms with Gasteiger partial charge in [-0.1, -0.05) is 0 Å². The summed E-state index contributed by atoms with van der Waals surface area (Å²) in [5.41, 5.74) is 0.597. The Kier molecular flexibility index (Phi) is 3.14. The monoisotopic (exact) mass is 225 g/mol. The van der Waals surface area contributed by atoms with Crippen LogP contribution in [0.2, 0.25) is 0 Å². The van der Waals surface area contributed by atoms with Crippen LogP contribution in [0.15, 0.2) is 11.4 Å². The van der Waals surface area contributed by atoms with Crippen molar-refractivity contribution in [2.45, 2.75) is 44.2 Å². The van der Waals surface area contributed by atoms with E-state index in [9.17, 15) is 5.11 Å². The summed E-state index contributed by atoms with van der Waals surface area (Å²) in [6, 6.07) is 2.67. The summed E-state index contributed by atoms with van der Waals surface area (Å²) in [5, 5.41) is 16.0. The third-order valence-electron chi connectivity index (χ3n) is 3.58. The zero-order valence-corrected chi connectivity index (χ0v) is 10.2. The molecule has 1 heterocycles. The van der Waals surface area contributed by atoms with Crippen molar-refractivity contribution < 1.29 is 5.11 Å². The number of hydrogen-bond donors (Lipinski definition) is 2. The van der Waals surface area contributed by atoms with Crippen LogP contribution in [0.4, 0.5) is 0 Å². The number of aryl methyl sites for hydroxylation is 1. The van der Waals surface area contributed by atoms with Gasteiger partial charge in [-0.25, -0.2) is 0 Å². The minimum atomic E-state index is -0.558. The van der Waals surface area contributed by atoms with Crippen LogP contribution in [0, 0.1) is 6.92 Å². The predicted molar refractivity (Wildman–Crippen MR) is 64.3 cm³/mol. The molecule has 2 nitrogen and oxygen atoms in total. The fraction of sp³-hybridized carbons (Fsp3) is 0.667. The average Bonchev–Trinajstić information content (AvgIpc) is 2.66. The Morgan fingerprint density at radius 3 is 2.60 bits per heavy atom. The Labute approximate surface area is 95.3 Å². The zero-order valence-electron chi connectivity index (χ0n) is 9.42. The van der Waals surface area contributed by atoms with E-state index in [1.54, 1.807) is 11.3 Å². The van der Waals surface area contributed by atoms with Gasteiger partial charge in [0.1, 0.15) is 0 Å². The van der Waals surface area contributed by atoms with Crippen LogP contribution in [0.25, 0.3) is 0 Å². The van der Waals surface area contributed by atoms with Crippen LogP contribution in [-0.2, 0) is 5.60 Å². The van der Waals surface area contributed by atoms with Crippen LogP contribution in [-0.4, -0.2) is 18.2 Å². The van der Waals surface area contributed by atoms with E-state index in [4.69, 9.17) is 0 Å². The molecule has 3 heteroatoms. The first-order valence-electron chi connectivity index (χ1n) is 5.60. The second kappa shape index (κ2) is 4.24. The maximum atomic E-state index is 10.6. The van der Waals surface area contributed by atoms with Crippen LogP contribution < -0.4 is 5.32 Å². The van der Waals surface area contributed by atoms with E-state index >= 15 is 0 Å². The smallest absolute Gasteiger partial charge is 0.0908 e. The van der Waals surface area contributed by atoms with E-state index in [1.807, 2.05) is 7.05 Å². The van der Waals surface area contributed by atoms with Crippen molar-refractivity contribution in [1.82, 2.24) is 5.32 Å². The maximum absolute atomic E-state index is 10.6. The summed E-state index contributed by atoms with van der Waals surface area (Å²) in [7, 11) is 2.00.